The lowest BCUT2D eigenvalue weighted by atomic mass is 9.60. The number of fused-ring (bicyclic) bond motifs is 5. The van der Waals surface area contributed by atoms with Crippen molar-refractivity contribution in [2.24, 2.45) is 0 Å². The summed E-state index contributed by atoms with van der Waals surface area (Å²) in [5.74, 6) is 1.05. The van der Waals surface area contributed by atoms with E-state index in [9.17, 15) is 0 Å². The number of anilines is 1. The zero-order valence-corrected chi connectivity index (χ0v) is 15.3. The van der Waals surface area contributed by atoms with Gasteiger partial charge in [-0.1, -0.05) is 53.6 Å². The maximum Gasteiger partial charge on any atom is 0.417 e. The topological polar surface area (TPSA) is 21.1 Å². The number of aryl methyl sites for hydroxylation is 2. The first-order chi connectivity index (χ1) is 12.7. The summed E-state index contributed by atoms with van der Waals surface area (Å²) in [5.41, 5.74) is 8.61. The molecule has 4 aromatic rings. The molecule has 4 heteroatoms. The molecule has 1 aliphatic rings. The van der Waals surface area contributed by atoms with Gasteiger partial charge in [-0.15, -0.1) is 0 Å². The van der Waals surface area contributed by atoms with E-state index in [1.165, 1.54) is 33.4 Å². The maximum absolute atomic E-state index is 5.00. The molecule has 3 aromatic carbocycles. The van der Waals surface area contributed by atoms with E-state index in [0.29, 0.717) is 0 Å². The van der Waals surface area contributed by atoms with Gasteiger partial charge in [-0.05, 0) is 50.6 Å². The zero-order chi connectivity index (χ0) is 17.8. The molecule has 0 atom stereocenters. The molecule has 1 aromatic heterocycles. The molecule has 26 heavy (non-hydrogen) atoms. The molecule has 1 aliphatic heterocycles. The first kappa shape index (κ1) is 15.3. The molecule has 0 spiro atoms. The van der Waals surface area contributed by atoms with Gasteiger partial charge in [0.05, 0.1) is 11.0 Å². The minimum absolute atomic E-state index is 0.0912. The first-order valence-corrected chi connectivity index (χ1v) is 9.02. The zero-order valence-electron chi connectivity index (χ0n) is 15.3. The highest BCUT2D eigenvalue weighted by Crippen LogP contribution is 2.37. The van der Waals surface area contributed by atoms with Gasteiger partial charge in [-0.3, -0.25) is 0 Å². The highest BCUT2D eigenvalue weighted by molar-refractivity contribution is 6.77. The predicted octanol–water partition coefficient (Wildman–Crippen LogP) is 4.01. The molecule has 0 amide bonds. The van der Waals surface area contributed by atoms with E-state index < -0.39 is 0 Å². The Balaban J connectivity index is 1.91. The van der Waals surface area contributed by atoms with Crippen molar-refractivity contribution in [3.8, 4) is 11.4 Å². The number of nitrogens with zero attached hydrogens (tertiary/aromatic N) is 3. The van der Waals surface area contributed by atoms with Gasteiger partial charge in [-0.25, -0.2) is 4.98 Å². The third-order valence-electron chi connectivity index (χ3n) is 5.53. The van der Waals surface area contributed by atoms with Gasteiger partial charge < -0.3 is 9.29 Å². The Morgan fingerprint density at radius 3 is 2.31 bits per heavy atom. The summed E-state index contributed by atoms with van der Waals surface area (Å²) in [6, 6.07) is 23.5. The third kappa shape index (κ3) is 1.99. The minimum Gasteiger partial charge on any atom is -0.394 e. The lowest BCUT2D eigenvalue weighted by molar-refractivity contribution is 1.11. The van der Waals surface area contributed by atoms with Crippen LogP contribution in [0.3, 0.4) is 0 Å². The summed E-state index contributed by atoms with van der Waals surface area (Å²) < 4.78 is 2.40. The van der Waals surface area contributed by atoms with Gasteiger partial charge in [0.25, 0.3) is 0 Å². The van der Waals surface area contributed by atoms with E-state index in [4.69, 9.17) is 4.98 Å². The molecule has 0 radical (unpaired) electrons. The Morgan fingerprint density at radius 2 is 1.50 bits per heavy atom. The second-order valence-corrected chi connectivity index (χ2v) is 7.10. The number of imidazole rings is 1. The van der Waals surface area contributed by atoms with Crippen LogP contribution < -0.4 is 10.3 Å². The molecular formula is C22H20BN3. The quantitative estimate of drug-likeness (QED) is 0.489. The number of benzene rings is 3. The van der Waals surface area contributed by atoms with Crippen LogP contribution in [0.5, 0.6) is 0 Å². The van der Waals surface area contributed by atoms with Crippen molar-refractivity contribution in [2.75, 3.05) is 11.9 Å². The molecule has 0 N–H and O–H groups in total. The van der Waals surface area contributed by atoms with Crippen LogP contribution in [0.4, 0.5) is 5.69 Å². The van der Waals surface area contributed by atoms with Gasteiger partial charge in [0, 0.05) is 11.3 Å². The molecule has 5 rings (SSSR count). The fourth-order valence-electron chi connectivity index (χ4n) is 4.31. The Morgan fingerprint density at radius 1 is 0.808 bits per heavy atom. The maximum atomic E-state index is 5.00. The second-order valence-electron chi connectivity index (χ2n) is 7.10. The molecule has 126 valence electrons. The van der Waals surface area contributed by atoms with Crippen LogP contribution in [0.15, 0.2) is 66.7 Å². The van der Waals surface area contributed by atoms with E-state index >= 15 is 0 Å². The van der Waals surface area contributed by atoms with Crippen molar-refractivity contribution in [2.45, 2.75) is 13.8 Å². The van der Waals surface area contributed by atoms with Crippen molar-refractivity contribution < 1.29 is 0 Å². The molecule has 0 unspecified atom stereocenters. The molecule has 2 heterocycles. The predicted molar refractivity (Wildman–Crippen MR) is 110 cm³/mol. The molecule has 3 nitrogen and oxygen atoms in total. The van der Waals surface area contributed by atoms with Crippen LogP contribution in [0, 0.1) is 13.8 Å². The van der Waals surface area contributed by atoms with Crippen LogP contribution in [0.2, 0.25) is 0 Å². The second kappa shape index (κ2) is 5.50. The Hall–Kier alpha value is -3.01. The average molecular weight is 337 g/mol. The van der Waals surface area contributed by atoms with Crippen LogP contribution in [-0.4, -0.2) is 23.5 Å². The van der Waals surface area contributed by atoms with E-state index in [0.717, 1.165) is 11.3 Å². The monoisotopic (exact) mass is 337 g/mol. The van der Waals surface area contributed by atoms with Crippen molar-refractivity contribution in [1.82, 2.24) is 9.46 Å². The van der Waals surface area contributed by atoms with E-state index in [1.54, 1.807) is 0 Å². The normalized spacial score (nSPS) is 13.0. The van der Waals surface area contributed by atoms with Crippen LogP contribution in [0.1, 0.15) is 11.1 Å². The highest BCUT2D eigenvalue weighted by Gasteiger charge is 2.38. The largest absolute Gasteiger partial charge is 0.417 e. The Labute approximate surface area is 154 Å². The average Bonchev–Trinajstić information content (AvgIpc) is 3.04. The van der Waals surface area contributed by atoms with Crippen molar-refractivity contribution in [3.63, 3.8) is 0 Å². The van der Waals surface area contributed by atoms with Crippen LogP contribution in [-0.2, 0) is 0 Å². The van der Waals surface area contributed by atoms with Crippen molar-refractivity contribution in [1.29, 1.82) is 0 Å². The van der Waals surface area contributed by atoms with Crippen molar-refractivity contribution >= 4 is 29.2 Å². The van der Waals surface area contributed by atoms with Gasteiger partial charge in [-0.2, -0.15) is 0 Å². The smallest absolute Gasteiger partial charge is 0.394 e. The van der Waals surface area contributed by atoms with Crippen molar-refractivity contribution in [3.05, 3.63) is 77.9 Å². The Kier molecular flexibility index (Phi) is 3.23. The molecule has 0 saturated carbocycles. The Bertz CT molecular complexity index is 1130. The number of aromatic nitrogens is 2. The van der Waals surface area contributed by atoms with E-state index in [1.807, 2.05) is 0 Å². The van der Waals surface area contributed by atoms with Gasteiger partial charge >= 0.3 is 6.98 Å². The molecule has 0 aliphatic carbocycles. The summed E-state index contributed by atoms with van der Waals surface area (Å²) in [6.07, 6.45) is 0. The van der Waals surface area contributed by atoms with Crippen LogP contribution >= 0.6 is 0 Å². The summed E-state index contributed by atoms with van der Waals surface area (Å²) in [5, 5.41) is 0. The number of rotatable bonds is 1. The minimum atomic E-state index is 0.0912. The van der Waals surface area contributed by atoms with Gasteiger partial charge in [0.15, 0.2) is 0 Å². The molecule has 0 bridgehead atoms. The van der Waals surface area contributed by atoms with E-state index in [2.05, 4.69) is 96.9 Å². The fraction of sp³-hybridized carbons (Fsp3) is 0.136. The van der Waals surface area contributed by atoms with Gasteiger partial charge in [0.1, 0.15) is 5.82 Å². The lowest BCUT2D eigenvalue weighted by Crippen LogP contribution is -2.56. The summed E-state index contributed by atoms with van der Waals surface area (Å²) in [4.78, 5) is 7.38. The first-order valence-electron chi connectivity index (χ1n) is 9.02. The highest BCUT2D eigenvalue weighted by atomic mass is 15.2. The van der Waals surface area contributed by atoms with Crippen LogP contribution in [0.25, 0.3) is 22.4 Å². The summed E-state index contributed by atoms with van der Waals surface area (Å²) in [7, 11) is 2.19. The van der Waals surface area contributed by atoms with Gasteiger partial charge in [0.2, 0.25) is 0 Å². The standard InChI is InChI=1S/C22H20BN3/c1-15-9-8-10-16(2)21(15)23-25(3)19-13-6-4-11-17(19)22-24-18-12-5-7-14-20(18)26(22)23/h4-14H,1-3H3. The number of hydrogen-bond donors (Lipinski definition) is 0. The SMILES string of the molecule is Cc1cccc(C)c1B1N(C)c2ccccc2-c2nc3ccccc3n21. The fourth-order valence-corrected chi connectivity index (χ4v) is 4.31. The lowest BCUT2D eigenvalue weighted by Gasteiger charge is -2.36. The third-order valence-corrected chi connectivity index (χ3v) is 5.53. The van der Waals surface area contributed by atoms with E-state index in [-0.39, 0.29) is 6.98 Å². The molecular weight excluding hydrogens is 317 g/mol. The summed E-state index contributed by atoms with van der Waals surface area (Å²) >= 11 is 0. The summed E-state index contributed by atoms with van der Waals surface area (Å²) in [6.45, 7) is 4.50. The number of para-hydroxylation sites is 3. The number of hydrogen-bond acceptors (Lipinski definition) is 2. The molecule has 0 fully saturated rings. The molecule has 0 saturated heterocycles.